The Hall–Kier alpha value is -2.18. The quantitative estimate of drug-likeness (QED) is 0.428. The summed E-state index contributed by atoms with van der Waals surface area (Å²) in [4.78, 5) is 24.5. The smallest absolute Gasteiger partial charge is 0.334 e. The fraction of sp³-hybridized carbons (Fsp3) is 0.524. The van der Waals surface area contributed by atoms with Crippen molar-refractivity contribution >= 4 is 11.9 Å². The Bertz CT molecular complexity index is 761. The highest BCUT2D eigenvalue weighted by molar-refractivity contribution is 5.91. The molecule has 2 bridgehead atoms. The minimum atomic E-state index is -1.01. The zero-order valence-corrected chi connectivity index (χ0v) is 16.2. The van der Waals surface area contributed by atoms with Crippen LogP contribution >= 0.6 is 0 Å². The first kappa shape index (κ1) is 19.6. The van der Waals surface area contributed by atoms with Gasteiger partial charge in [0.05, 0.1) is 5.92 Å². The Balaban J connectivity index is 2.06. The molecule has 5 atom stereocenters. The van der Waals surface area contributed by atoms with Gasteiger partial charge < -0.3 is 18.9 Å². The summed E-state index contributed by atoms with van der Waals surface area (Å²) in [5, 5.41) is 0. The van der Waals surface area contributed by atoms with Crippen LogP contribution in [0.25, 0.3) is 0 Å². The molecule has 0 aromatic rings. The van der Waals surface area contributed by atoms with Crippen molar-refractivity contribution in [2.24, 2.45) is 5.92 Å². The van der Waals surface area contributed by atoms with Crippen LogP contribution in [0.3, 0.4) is 0 Å². The molecule has 27 heavy (non-hydrogen) atoms. The number of rotatable bonds is 4. The molecule has 3 rings (SSSR count). The predicted octanol–water partition coefficient (Wildman–Crippen LogP) is 3.00. The highest BCUT2D eigenvalue weighted by Gasteiger charge is 2.54. The van der Waals surface area contributed by atoms with Gasteiger partial charge in [-0.05, 0) is 45.4 Å². The summed E-state index contributed by atoms with van der Waals surface area (Å²) in [6.07, 6.45) is 2.48. The average Bonchev–Trinajstić information content (AvgIpc) is 3.04. The van der Waals surface area contributed by atoms with Crippen molar-refractivity contribution in [2.75, 3.05) is 6.61 Å². The third kappa shape index (κ3) is 3.51. The van der Waals surface area contributed by atoms with Crippen LogP contribution in [0, 0.1) is 5.92 Å². The van der Waals surface area contributed by atoms with E-state index in [2.05, 4.69) is 13.2 Å². The van der Waals surface area contributed by atoms with Crippen LogP contribution < -0.4 is 0 Å². The van der Waals surface area contributed by atoms with Crippen molar-refractivity contribution in [3.05, 3.63) is 47.6 Å². The number of ether oxygens (including phenoxy) is 4. The molecule has 3 aliphatic heterocycles. The van der Waals surface area contributed by atoms with E-state index in [1.165, 1.54) is 0 Å². The fourth-order valence-corrected chi connectivity index (χ4v) is 3.96. The zero-order valence-electron chi connectivity index (χ0n) is 16.2. The maximum absolute atomic E-state index is 12.3. The standard InChI is InChI=1S/C21H26O6/c1-7-24-21-9-12(4)8-15(25-19(22)11(2)3)16-14(6)20(23)26-18(16)17(27-21)13(5)10-21/h9-10,15-18H,2,6-8H2,1,3-5H3/b12-9-/t15-,16+,17-,18-,21-/m0/s1. The minimum Gasteiger partial charge on any atom is -0.458 e. The molecule has 0 unspecified atom stereocenters. The summed E-state index contributed by atoms with van der Waals surface area (Å²) in [6.45, 7) is 15.3. The van der Waals surface area contributed by atoms with E-state index in [0.29, 0.717) is 24.2 Å². The van der Waals surface area contributed by atoms with Crippen LogP contribution in [-0.4, -0.2) is 42.6 Å². The average molecular weight is 374 g/mol. The molecular weight excluding hydrogens is 348 g/mol. The first-order valence-corrected chi connectivity index (χ1v) is 9.13. The summed E-state index contributed by atoms with van der Waals surface area (Å²) < 4.78 is 23.4. The molecule has 1 saturated heterocycles. The van der Waals surface area contributed by atoms with Crippen molar-refractivity contribution in [1.82, 2.24) is 0 Å². The second-order valence-corrected chi connectivity index (χ2v) is 7.42. The number of esters is 2. The number of carbonyl (C=O) groups excluding carboxylic acids is 2. The third-order valence-electron chi connectivity index (χ3n) is 5.10. The fourth-order valence-electron chi connectivity index (χ4n) is 3.96. The van der Waals surface area contributed by atoms with Gasteiger partial charge in [-0.2, -0.15) is 0 Å². The maximum Gasteiger partial charge on any atom is 0.334 e. The molecule has 0 aromatic heterocycles. The monoisotopic (exact) mass is 374 g/mol. The molecule has 0 saturated carbocycles. The van der Waals surface area contributed by atoms with Gasteiger partial charge in [-0.15, -0.1) is 0 Å². The van der Waals surface area contributed by atoms with Crippen molar-refractivity contribution in [3.63, 3.8) is 0 Å². The van der Waals surface area contributed by atoms with Gasteiger partial charge in [-0.1, -0.05) is 18.7 Å². The van der Waals surface area contributed by atoms with Gasteiger partial charge in [0.2, 0.25) is 5.79 Å². The lowest BCUT2D eigenvalue weighted by Crippen LogP contribution is -2.42. The Morgan fingerprint density at radius 3 is 2.70 bits per heavy atom. The molecule has 1 fully saturated rings. The van der Waals surface area contributed by atoms with E-state index >= 15 is 0 Å². The van der Waals surface area contributed by atoms with E-state index in [4.69, 9.17) is 18.9 Å². The van der Waals surface area contributed by atoms with Crippen LogP contribution in [0.15, 0.2) is 47.6 Å². The summed E-state index contributed by atoms with van der Waals surface area (Å²) in [7, 11) is 0. The number of carbonyl (C=O) groups is 2. The molecular formula is C21H26O6. The lowest BCUT2D eigenvalue weighted by molar-refractivity contribution is -0.198. The van der Waals surface area contributed by atoms with Crippen molar-refractivity contribution in [2.45, 2.75) is 58.2 Å². The summed E-state index contributed by atoms with van der Waals surface area (Å²) in [6, 6.07) is 0. The summed E-state index contributed by atoms with van der Waals surface area (Å²) in [5.41, 5.74) is 2.40. The highest BCUT2D eigenvalue weighted by atomic mass is 16.7. The predicted molar refractivity (Wildman–Crippen MR) is 98.6 cm³/mol. The highest BCUT2D eigenvalue weighted by Crippen LogP contribution is 2.44. The van der Waals surface area contributed by atoms with Crippen LogP contribution in [-0.2, 0) is 28.5 Å². The second kappa shape index (κ2) is 7.09. The van der Waals surface area contributed by atoms with E-state index in [1.54, 1.807) is 6.92 Å². The van der Waals surface area contributed by atoms with Gasteiger partial charge >= 0.3 is 11.9 Å². The second-order valence-electron chi connectivity index (χ2n) is 7.42. The lowest BCUT2D eigenvalue weighted by Gasteiger charge is -2.30. The van der Waals surface area contributed by atoms with E-state index in [9.17, 15) is 9.59 Å². The van der Waals surface area contributed by atoms with Gasteiger partial charge in [0.25, 0.3) is 0 Å². The molecule has 0 aromatic carbocycles. The molecule has 3 aliphatic rings. The van der Waals surface area contributed by atoms with Gasteiger partial charge in [-0.3, -0.25) is 0 Å². The van der Waals surface area contributed by atoms with Crippen LogP contribution in [0.4, 0.5) is 0 Å². The third-order valence-corrected chi connectivity index (χ3v) is 5.10. The molecule has 0 amide bonds. The van der Waals surface area contributed by atoms with Crippen LogP contribution in [0.1, 0.15) is 34.1 Å². The normalized spacial score (nSPS) is 37.2. The topological polar surface area (TPSA) is 71.1 Å². The largest absolute Gasteiger partial charge is 0.458 e. The SMILES string of the molecule is C=C(C)C(=O)O[C@H]1C/C(C)=C\[C@@]2(OCC)C=C(C)[C@H](O2)[C@H]2OC(=O)C(=C)[C@@H]21. The van der Waals surface area contributed by atoms with Crippen molar-refractivity contribution in [1.29, 1.82) is 0 Å². The minimum absolute atomic E-state index is 0.291. The van der Waals surface area contributed by atoms with E-state index in [1.807, 2.05) is 32.9 Å². The molecule has 6 heteroatoms. The molecule has 3 heterocycles. The molecule has 6 nitrogen and oxygen atoms in total. The first-order valence-electron chi connectivity index (χ1n) is 9.13. The van der Waals surface area contributed by atoms with Gasteiger partial charge in [-0.25, -0.2) is 9.59 Å². The Labute approximate surface area is 159 Å². The van der Waals surface area contributed by atoms with E-state index in [-0.39, 0.29) is 0 Å². The van der Waals surface area contributed by atoms with E-state index in [0.717, 1.165) is 11.1 Å². The lowest BCUT2D eigenvalue weighted by atomic mass is 9.83. The zero-order chi connectivity index (χ0) is 19.9. The molecule has 0 N–H and O–H groups in total. The number of hydrogen-bond donors (Lipinski definition) is 0. The maximum atomic E-state index is 12.3. The van der Waals surface area contributed by atoms with Gasteiger partial charge in [0, 0.05) is 24.2 Å². The number of hydrogen-bond acceptors (Lipinski definition) is 6. The van der Waals surface area contributed by atoms with Crippen LogP contribution in [0.2, 0.25) is 0 Å². The first-order chi connectivity index (χ1) is 12.7. The molecule has 0 radical (unpaired) electrons. The van der Waals surface area contributed by atoms with Crippen molar-refractivity contribution < 1.29 is 28.5 Å². The van der Waals surface area contributed by atoms with Crippen molar-refractivity contribution in [3.8, 4) is 0 Å². The summed E-state index contributed by atoms with van der Waals surface area (Å²) in [5.74, 6) is -2.51. The Morgan fingerprint density at radius 2 is 2.07 bits per heavy atom. The van der Waals surface area contributed by atoms with Gasteiger partial charge in [0.15, 0.2) is 0 Å². The Kier molecular flexibility index (Phi) is 5.14. The molecule has 0 spiro atoms. The number of fused-ring (bicyclic) bond motifs is 4. The summed E-state index contributed by atoms with van der Waals surface area (Å²) >= 11 is 0. The molecule has 146 valence electrons. The van der Waals surface area contributed by atoms with Gasteiger partial charge in [0.1, 0.15) is 18.3 Å². The Morgan fingerprint density at radius 1 is 1.37 bits per heavy atom. The molecule has 0 aliphatic carbocycles. The van der Waals surface area contributed by atoms with E-state index < -0.39 is 42.0 Å². The van der Waals surface area contributed by atoms with Crippen LogP contribution in [0.5, 0.6) is 0 Å².